The third-order valence-electron chi connectivity index (χ3n) is 1.04. The Morgan fingerprint density at radius 2 is 2.71 bits per heavy atom. The summed E-state index contributed by atoms with van der Waals surface area (Å²) in [6.07, 6.45) is 1.73. The molecule has 1 rings (SSSR count). The molecule has 1 heterocycles. The molecule has 0 aliphatic carbocycles. The van der Waals surface area contributed by atoms with Crippen molar-refractivity contribution < 1.29 is 0 Å². The van der Waals surface area contributed by atoms with Crippen LogP contribution in [0.3, 0.4) is 0 Å². The van der Waals surface area contributed by atoms with Gasteiger partial charge in [-0.05, 0) is 6.42 Å². The minimum absolute atomic E-state index is 0.560. The minimum atomic E-state index is 0.560. The fourth-order valence-corrected chi connectivity index (χ4v) is 1.37. The van der Waals surface area contributed by atoms with Crippen LogP contribution >= 0.6 is 11.9 Å². The summed E-state index contributed by atoms with van der Waals surface area (Å²) in [6, 6.07) is 0. The van der Waals surface area contributed by atoms with Gasteiger partial charge in [0.25, 0.3) is 0 Å². The fourth-order valence-electron chi connectivity index (χ4n) is 0.554. The zero-order chi connectivity index (χ0) is 5.11. The van der Waals surface area contributed by atoms with Crippen LogP contribution in [0.5, 0.6) is 0 Å². The zero-order valence-corrected chi connectivity index (χ0v) is 5.22. The van der Waals surface area contributed by atoms with Crippen LogP contribution in [0.4, 0.5) is 0 Å². The molecule has 0 saturated carbocycles. The first-order valence-electron chi connectivity index (χ1n) is 2.54. The van der Waals surface area contributed by atoms with Crippen molar-refractivity contribution >= 4 is 11.9 Å². The van der Waals surface area contributed by atoms with Gasteiger partial charge in [-0.25, -0.2) is 4.72 Å². The quantitative estimate of drug-likeness (QED) is 0.491. The van der Waals surface area contributed by atoms with Gasteiger partial charge in [-0.1, -0.05) is 18.9 Å². The van der Waals surface area contributed by atoms with E-state index in [-0.39, 0.29) is 0 Å². The molecule has 0 radical (unpaired) electrons. The average Bonchev–Trinajstić information content (AvgIpc) is 2.14. The molecule has 0 spiro atoms. The van der Waals surface area contributed by atoms with Gasteiger partial charge in [-0.15, -0.1) is 0 Å². The van der Waals surface area contributed by atoms with Crippen LogP contribution in [0.25, 0.3) is 0 Å². The molecule has 3 heteroatoms. The Labute approximate surface area is 48.2 Å². The lowest BCUT2D eigenvalue weighted by Gasteiger charge is -2.02. The van der Waals surface area contributed by atoms with Crippen LogP contribution in [-0.4, -0.2) is 12.0 Å². The monoisotopic (exact) mass is 118 g/mol. The van der Waals surface area contributed by atoms with Crippen LogP contribution in [0.1, 0.15) is 13.3 Å². The second-order valence-electron chi connectivity index (χ2n) is 1.57. The summed E-state index contributed by atoms with van der Waals surface area (Å²) in [6.45, 7) is 2.16. The molecule has 0 aromatic rings. The Morgan fingerprint density at radius 1 is 1.86 bits per heavy atom. The Bertz CT molecular complexity index is 51.7. The zero-order valence-electron chi connectivity index (χ0n) is 4.40. The van der Waals surface area contributed by atoms with Crippen LogP contribution in [0, 0.1) is 0 Å². The van der Waals surface area contributed by atoms with E-state index < -0.39 is 0 Å². The highest BCUT2D eigenvalue weighted by atomic mass is 32.2. The normalized spacial score (nSPS) is 31.3. The first-order valence-corrected chi connectivity index (χ1v) is 3.52. The number of rotatable bonds is 1. The molecule has 0 aromatic carbocycles. The molecular formula is C4H10N2S. The number of hydrogen-bond acceptors (Lipinski definition) is 3. The second kappa shape index (κ2) is 2.55. The Morgan fingerprint density at radius 3 is 3.00 bits per heavy atom. The van der Waals surface area contributed by atoms with E-state index in [4.69, 9.17) is 0 Å². The summed E-state index contributed by atoms with van der Waals surface area (Å²) in [5.41, 5.74) is 0. The predicted octanol–water partition coefficient (Wildman–Crippen LogP) is 0.521. The van der Waals surface area contributed by atoms with E-state index in [1.165, 1.54) is 6.42 Å². The molecule has 2 N–H and O–H groups in total. The lowest BCUT2D eigenvalue weighted by molar-refractivity contribution is 0.553. The van der Waals surface area contributed by atoms with Gasteiger partial charge >= 0.3 is 0 Å². The first-order chi connectivity index (χ1) is 3.43. The number of nitrogens with one attached hydrogen (secondary N) is 2. The van der Waals surface area contributed by atoms with Gasteiger partial charge in [0, 0.05) is 0 Å². The van der Waals surface area contributed by atoms with E-state index in [1.54, 1.807) is 11.9 Å². The highest BCUT2D eigenvalue weighted by Gasteiger charge is 2.08. The predicted molar refractivity (Wildman–Crippen MR) is 32.8 cm³/mol. The van der Waals surface area contributed by atoms with E-state index in [1.807, 2.05) is 0 Å². The van der Waals surface area contributed by atoms with E-state index >= 15 is 0 Å². The molecule has 1 unspecified atom stereocenters. The molecule has 1 aliphatic heterocycles. The molecule has 2 nitrogen and oxygen atoms in total. The van der Waals surface area contributed by atoms with Gasteiger partial charge in [-0.2, -0.15) is 0 Å². The first kappa shape index (κ1) is 5.41. The molecule has 0 aromatic heterocycles. The van der Waals surface area contributed by atoms with Crippen LogP contribution in [0.2, 0.25) is 0 Å². The van der Waals surface area contributed by atoms with Crippen LogP contribution in [-0.2, 0) is 0 Å². The molecule has 0 amide bonds. The van der Waals surface area contributed by atoms with Crippen molar-refractivity contribution in [2.75, 3.05) is 5.88 Å². The highest BCUT2D eigenvalue weighted by molar-refractivity contribution is 7.97. The molecule has 1 aliphatic rings. The smallest absolute Gasteiger partial charge is 0.0671 e. The Kier molecular flexibility index (Phi) is 1.97. The summed E-state index contributed by atoms with van der Waals surface area (Å²) in [5.74, 6) is 1.05. The largest absolute Gasteiger partial charge is 0.291 e. The molecule has 1 fully saturated rings. The lowest BCUT2D eigenvalue weighted by atomic mass is 10.4. The standard InChI is InChI=1S/C4H10N2S/c1-2-4-5-3-7-6-4/h4-6H,2-3H2,1H3. The van der Waals surface area contributed by atoms with E-state index in [0.717, 1.165) is 5.88 Å². The van der Waals surface area contributed by atoms with Crippen molar-refractivity contribution in [1.82, 2.24) is 10.0 Å². The Balaban J connectivity index is 2.14. The fraction of sp³-hybridized carbons (Fsp3) is 1.00. The molecular weight excluding hydrogens is 108 g/mol. The maximum absolute atomic E-state index is 3.26. The molecule has 0 bridgehead atoms. The third kappa shape index (κ3) is 1.33. The molecule has 7 heavy (non-hydrogen) atoms. The molecule has 1 saturated heterocycles. The second-order valence-corrected chi connectivity index (χ2v) is 2.38. The van der Waals surface area contributed by atoms with Crippen molar-refractivity contribution in [2.24, 2.45) is 0 Å². The van der Waals surface area contributed by atoms with Crippen LogP contribution in [0.15, 0.2) is 0 Å². The lowest BCUT2D eigenvalue weighted by Crippen LogP contribution is -2.28. The van der Waals surface area contributed by atoms with Gasteiger partial charge in [0.05, 0.1) is 12.0 Å². The van der Waals surface area contributed by atoms with Crippen molar-refractivity contribution in [3.63, 3.8) is 0 Å². The highest BCUT2D eigenvalue weighted by Crippen LogP contribution is 2.02. The van der Waals surface area contributed by atoms with Crippen molar-refractivity contribution in [1.29, 1.82) is 0 Å². The maximum atomic E-state index is 3.26. The van der Waals surface area contributed by atoms with Gasteiger partial charge in [-0.3, -0.25) is 5.32 Å². The molecule has 1 atom stereocenters. The van der Waals surface area contributed by atoms with Crippen molar-refractivity contribution in [3.05, 3.63) is 0 Å². The van der Waals surface area contributed by atoms with Crippen molar-refractivity contribution in [3.8, 4) is 0 Å². The third-order valence-corrected chi connectivity index (χ3v) is 1.80. The Hall–Kier alpha value is 0.270. The van der Waals surface area contributed by atoms with E-state index in [2.05, 4.69) is 17.0 Å². The summed E-state index contributed by atoms with van der Waals surface area (Å²) >= 11 is 1.75. The van der Waals surface area contributed by atoms with E-state index in [0.29, 0.717) is 6.17 Å². The van der Waals surface area contributed by atoms with Gasteiger partial charge in [0.15, 0.2) is 0 Å². The average molecular weight is 118 g/mol. The summed E-state index contributed by atoms with van der Waals surface area (Å²) in [4.78, 5) is 0. The summed E-state index contributed by atoms with van der Waals surface area (Å²) in [5, 5.41) is 3.26. The maximum Gasteiger partial charge on any atom is 0.0671 e. The van der Waals surface area contributed by atoms with Crippen molar-refractivity contribution in [2.45, 2.75) is 19.5 Å². The minimum Gasteiger partial charge on any atom is -0.291 e. The SMILES string of the molecule is CCC1NCSN1. The van der Waals surface area contributed by atoms with Gasteiger partial charge < -0.3 is 0 Å². The topological polar surface area (TPSA) is 24.1 Å². The van der Waals surface area contributed by atoms with Crippen LogP contribution < -0.4 is 10.0 Å². The van der Waals surface area contributed by atoms with Gasteiger partial charge in [0.1, 0.15) is 0 Å². The van der Waals surface area contributed by atoms with E-state index in [9.17, 15) is 0 Å². The summed E-state index contributed by atoms with van der Waals surface area (Å²) in [7, 11) is 0. The van der Waals surface area contributed by atoms with Gasteiger partial charge in [0.2, 0.25) is 0 Å². The summed E-state index contributed by atoms with van der Waals surface area (Å²) < 4.78 is 3.21. The number of hydrogen-bond donors (Lipinski definition) is 2. The molecule has 42 valence electrons.